The molecule has 0 aromatic carbocycles. The zero-order chi connectivity index (χ0) is 11.3. The molecule has 0 aromatic rings. The van der Waals surface area contributed by atoms with Gasteiger partial charge in [-0.1, -0.05) is 53.4 Å². The van der Waals surface area contributed by atoms with E-state index in [0.29, 0.717) is 6.66 Å². The van der Waals surface area contributed by atoms with Gasteiger partial charge in [-0.15, -0.1) is 0 Å². The Bertz CT molecular complexity index is 62.9. The Balaban J connectivity index is -0.0000000522. The first kappa shape index (κ1) is 24.4. The second kappa shape index (κ2) is 19.6. The molecule has 0 aliphatic carbocycles. The van der Waals surface area contributed by atoms with Crippen LogP contribution in [-0.2, 0) is 0 Å². The van der Waals surface area contributed by atoms with Crippen LogP contribution in [0.2, 0.25) is 0 Å². The molecule has 0 aliphatic rings. The SMILES string of the molecule is C[P+]([O-])([O-])[O-].[CH2]CCC.[CH2]CCC.[Sn+2]. The first-order valence-electron chi connectivity index (χ1n) is 4.41. The summed E-state index contributed by atoms with van der Waals surface area (Å²) in [5, 5.41) is 0. The van der Waals surface area contributed by atoms with Gasteiger partial charge in [0.05, 0.1) is 0 Å². The van der Waals surface area contributed by atoms with E-state index in [-0.39, 0.29) is 23.9 Å². The van der Waals surface area contributed by atoms with Crippen LogP contribution in [0, 0.1) is 13.8 Å². The second-order valence-electron chi connectivity index (χ2n) is 2.48. The predicted molar refractivity (Wildman–Crippen MR) is 59.1 cm³/mol. The Hall–Kier alpha value is 1.11. The number of unbranched alkanes of at least 4 members (excludes halogenated alkanes) is 2. The molecule has 0 fully saturated rings. The maximum Gasteiger partial charge on any atom is 2.00 e. The minimum atomic E-state index is -4.14. The van der Waals surface area contributed by atoms with Gasteiger partial charge in [-0.05, 0) is 0 Å². The summed E-state index contributed by atoms with van der Waals surface area (Å²) in [7, 11) is -4.14. The van der Waals surface area contributed by atoms with Gasteiger partial charge in [-0.2, -0.15) is 7.94 Å². The summed E-state index contributed by atoms with van der Waals surface area (Å²) in [5.74, 6) is 0. The first-order chi connectivity index (χ1) is 5.83. The first-order valence-corrected chi connectivity index (χ1v) is 6.40. The van der Waals surface area contributed by atoms with E-state index in [9.17, 15) is 0 Å². The van der Waals surface area contributed by atoms with E-state index < -0.39 is 7.94 Å². The van der Waals surface area contributed by atoms with Gasteiger partial charge in [0, 0.05) is 6.66 Å². The molecule has 0 heterocycles. The van der Waals surface area contributed by atoms with Crippen molar-refractivity contribution in [2.75, 3.05) is 6.66 Å². The normalized spacial score (nSPS) is 8.57. The Morgan fingerprint density at radius 2 is 1.00 bits per heavy atom. The summed E-state index contributed by atoms with van der Waals surface area (Å²) < 4.78 is 0. The van der Waals surface area contributed by atoms with E-state index in [4.69, 9.17) is 14.7 Å². The minimum absolute atomic E-state index is 0. The number of hydrogen-bond acceptors (Lipinski definition) is 3. The molecule has 5 heteroatoms. The zero-order valence-corrected chi connectivity index (χ0v) is 13.2. The monoisotopic (exact) mass is 328 g/mol. The molecule has 0 spiro atoms. The third-order valence-electron chi connectivity index (χ3n) is 0.707. The van der Waals surface area contributed by atoms with Crippen molar-refractivity contribution >= 4 is 31.9 Å². The minimum Gasteiger partial charge on any atom is -0.688 e. The average Bonchev–Trinajstić information content (AvgIpc) is 2.01. The smallest absolute Gasteiger partial charge is 0.688 e. The van der Waals surface area contributed by atoms with Crippen LogP contribution < -0.4 is 14.7 Å². The van der Waals surface area contributed by atoms with Gasteiger partial charge >= 0.3 is 23.9 Å². The largest absolute Gasteiger partial charge is 2.00 e. The molecule has 0 atom stereocenters. The van der Waals surface area contributed by atoms with Crippen LogP contribution in [0.3, 0.4) is 0 Å². The summed E-state index contributed by atoms with van der Waals surface area (Å²) in [5.41, 5.74) is 0. The third-order valence-corrected chi connectivity index (χ3v) is 0.707. The van der Waals surface area contributed by atoms with Crippen LogP contribution in [0.4, 0.5) is 0 Å². The van der Waals surface area contributed by atoms with E-state index in [0.717, 1.165) is 12.8 Å². The van der Waals surface area contributed by atoms with E-state index in [1.165, 1.54) is 12.8 Å². The van der Waals surface area contributed by atoms with Crippen LogP contribution in [-0.4, -0.2) is 30.6 Å². The van der Waals surface area contributed by atoms with E-state index in [1.54, 1.807) is 0 Å². The number of hydrogen-bond donors (Lipinski definition) is 0. The molecular formula is C9H21O3PSn. The molecule has 0 aromatic heterocycles. The van der Waals surface area contributed by atoms with Crippen molar-refractivity contribution in [1.29, 1.82) is 0 Å². The molecule has 0 aliphatic heterocycles. The molecule has 3 nitrogen and oxygen atoms in total. The third kappa shape index (κ3) is 199. The van der Waals surface area contributed by atoms with E-state index in [1.807, 2.05) is 0 Å². The Morgan fingerprint density at radius 3 is 1.00 bits per heavy atom. The van der Waals surface area contributed by atoms with Crippen molar-refractivity contribution in [3.05, 3.63) is 13.8 Å². The fraction of sp³-hybridized carbons (Fsp3) is 0.778. The number of rotatable bonds is 2. The molecule has 0 N–H and O–H groups in total. The molecule has 0 saturated heterocycles. The van der Waals surface area contributed by atoms with Gasteiger partial charge in [-0.25, -0.2) is 0 Å². The molecule has 14 heavy (non-hydrogen) atoms. The van der Waals surface area contributed by atoms with Crippen LogP contribution in [0.15, 0.2) is 0 Å². The fourth-order valence-corrected chi connectivity index (χ4v) is 0. The molecule has 0 amide bonds. The van der Waals surface area contributed by atoms with Gasteiger partial charge < -0.3 is 14.7 Å². The quantitative estimate of drug-likeness (QED) is 0.542. The summed E-state index contributed by atoms with van der Waals surface area (Å²) in [4.78, 5) is 27.3. The molecule has 84 valence electrons. The summed E-state index contributed by atoms with van der Waals surface area (Å²) >= 11 is 0. The molecule has 4 radical (unpaired) electrons. The predicted octanol–water partition coefficient (Wildman–Crippen LogP) is 0.320. The molecule has 0 unspecified atom stereocenters. The average molecular weight is 327 g/mol. The van der Waals surface area contributed by atoms with Gasteiger partial charge in [0.15, 0.2) is 0 Å². The van der Waals surface area contributed by atoms with Crippen molar-refractivity contribution < 1.29 is 14.7 Å². The maximum atomic E-state index is 9.10. The maximum absolute atomic E-state index is 9.10. The molecular weight excluding hydrogens is 306 g/mol. The van der Waals surface area contributed by atoms with Crippen molar-refractivity contribution in [2.24, 2.45) is 0 Å². The standard InChI is InChI=1S/2C4H9.CH5O3P.Sn/c2*1-3-4-2;1-5(2,3)4;/h2*1,3-4H2,2H3;1H3,(H2,2,3,4);/q;;;+2/p-2. The zero-order valence-electron chi connectivity index (χ0n) is 9.41. The molecule has 0 saturated carbocycles. The van der Waals surface area contributed by atoms with Crippen molar-refractivity contribution in [3.8, 4) is 0 Å². The summed E-state index contributed by atoms with van der Waals surface area (Å²) in [6.07, 6.45) is 4.56. The van der Waals surface area contributed by atoms with E-state index in [2.05, 4.69) is 27.7 Å². The van der Waals surface area contributed by atoms with Gasteiger partial charge in [0.25, 0.3) is 0 Å². The Kier molecular flexibility index (Phi) is 34.2. The van der Waals surface area contributed by atoms with Gasteiger partial charge in [-0.3, -0.25) is 0 Å². The van der Waals surface area contributed by atoms with E-state index >= 15 is 0 Å². The molecule has 0 bridgehead atoms. The Morgan fingerprint density at radius 1 is 0.929 bits per heavy atom. The van der Waals surface area contributed by atoms with Crippen LogP contribution in [0.25, 0.3) is 0 Å². The van der Waals surface area contributed by atoms with Gasteiger partial charge in [0.2, 0.25) is 0 Å². The Labute approximate surface area is 106 Å². The molecule has 0 rings (SSSR count). The summed E-state index contributed by atoms with van der Waals surface area (Å²) in [6, 6.07) is 0. The fourth-order valence-electron chi connectivity index (χ4n) is 0. The van der Waals surface area contributed by atoms with Crippen LogP contribution in [0.1, 0.15) is 39.5 Å². The topological polar surface area (TPSA) is 69.2 Å². The van der Waals surface area contributed by atoms with Crippen molar-refractivity contribution in [2.45, 2.75) is 39.5 Å². The van der Waals surface area contributed by atoms with Crippen LogP contribution >= 0.6 is 7.94 Å². The second-order valence-corrected chi connectivity index (χ2v) is 4.02. The van der Waals surface area contributed by atoms with Crippen LogP contribution in [0.5, 0.6) is 0 Å². The van der Waals surface area contributed by atoms with Crippen molar-refractivity contribution in [1.82, 2.24) is 0 Å². The van der Waals surface area contributed by atoms with Gasteiger partial charge in [0.1, 0.15) is 0 Å². The summed E-state index contributed by atoms with van der Waals surface area (Å²) in [6.45, 7) is 12.1. The van der Waals surface area contributed by atoms with Crippen molar-refractivity contribution in [3.63, 3.8) is 0 Å².